The van der Waals surface area contributed by atoms with Gasteiger partial charge in [-0.1, -0.05) is 0 Å². The third-order valence-electron chi connectivity index (χ3n) is 4.80. The summed E-state index contributed by atoms with van der Waals surface area (Å²) in [5.41, 5.74) is 2.27. The Balaban J connectivity index is 1.35. The van der Waals surface area contributed by atoms with E-state index in [9.17, 15) is 0 Å². The lowest BCUT2D eigenvalue weighted by atomic mass is 10.2. The Kier molecular flexibility index (Phi) is 4.88. The predicted octanol–water partition coefficient (Wildman–Crippen LogP) is 3.67. The molecule has 0 N–H and O–H groups in total. The predicted molar refractivity (Wildman–Crippen MR) is 102 cm³/mol. The first kappa shape index (κ1) is 16.7. The molecule has 0 amide bonds. The van der Waals surface area contributed by atoms with Gasteiger partial charge in [-0.3, -0.25) is 9.88 Å². The van der Waals surface area contributed by atoms with E-state index in [1.54, 1.807) is 7.11 Å². The number of methoxy groups -OCH3 is 1. The second-order valence-corrected chi connectivity index (χ2v) is 6.47. The molecule has 1 fully saturated rings. The van der Waals surface area contributed by atoms with Crippen molar-refractivity contribution in [1.29, 1.82) is 0 Å². The van der Waals surface area contributed by atoms with Crippen molar-refractivity contribution >= 4 is 5.69 Å². The molecule has 26 heavy (non-hydrogen) atoms. The molecule has 1 aromatic carbocycles. The highest BCUT2D eigenvalue weighted by atomic mass is 16.5. The molecule has 0 atom stereocenters. The second kappa shape index (κ2) is 7.62. The molecule has 0 radical (unpaired) electrons. The molecular weight excluding hydrogens is 326 g/mol. The van der Waals surface area contributed by atoms with Crippen LogP contribution in [0.15, 0.2) is 65.3 Å². The van der Waals surface area contributed by atoms with Crippen LogP contribution in [0.1, 0.15) is 5.76 Å². The Labute approximate surface area is 153 Å². The molecule has 0 unspecified atom stereocenters. The molecule has 1 aliphatic rings. The van der Waals surface area contributed by atoms with E-state index in [0.29, 0.717) is 0 Å². The Morgan fingerprint density at radius 1 is 1.00 bits per heavy atom. The van der Waals surface area contributed by atoms with Crippen LogP contribution in [0, 0.1) is 0 Å². The summed E-state index contributed by atoms with van der Waals surface area (Å²) in [5.74, 6) is 2.76. The minimum atomic E-state index is 0.844. The highest BCUT2D eigenvalue weighted by Crippen LogP contribution is 2.25. The van der Waals surface area contributed by atoms with Crippen molar-refractivity contribution in [3.05, 3.63) is 66.7 Å². The van der Waals surface area contributed by atoms with E-state index in [1.165, 1.54) is 5.69 Å². The lowest BCUT2D eigenvalue weighted by molar-refractivity contribution is 0.231. The average Bonchev–Trinajstić information content (AvgIpc) is 3.18. The largest absolute Gasteiger partial charge is 0.497 e. The van der Waals surface area contributed by atoms with Crippen molar-refractivity contribution in [1.82, 2.24) is 9.88 Å². The fourth-order valence-electron chi connectivity index (χ4n) is 3.30. The number of pyridine rings is 1. The number of anilines is 1. The topological polar surface area (TPSA) is 41.7 Å². The molecule has 5 heteroatoms. The zero-order chi connectivity index (χ0) is 17.8. The van der Waals surface area contributed by atoms with Crippen molar-refractivity contribution in [2.24, 2.45) is 0 Å². The molecule has 2 aromatic heterocycles. The van der Waals surface area contributed by atoms with Gasteiger partial charge < -0.3 is 14.1 Å². The first-order valence-corrected chi connectivity index (χ1v) is 8.92. The van der Waals surface area contributed by atoms with Crippen LogP contribution in [0.2, 0.25) is 0 Å². The van der Waals surface area contributed by atoms with Crippen molar-refractivity contribution in [3.8, 4) is 17.1 Å². The van der Waals surface area contributed by atoms with E-state index in [-0.39, 0.29) is 0 Å². The van der Waals surface area contributed by atoms with Crippen molar-refractivity contribution in [2.75, 3.05) is 38.2 Å². The summed E-state index contributed by atoms with van der Waals surface area (Å²) in [6.45, 7) is 4.91. The van der Waals surface area contributed by atoms with Gasteiger partial charge in [0.15, 0.2) is 0 Å². The smallest absolute Gasteiger partial charge is 0.134 e. The summed E-state index contributed by atoms with van der Waals surface area (Å²) in [6.07, 6.45) is 3.75. The summed E-state index contributed by atoms with van der Waals surface area (Å²) >= 11 is 0. The minimum Gasteiger partial charge on any atom is -0.497 e. The monoisotopic (exact) mass is 349 g/mol. The second-order valence-electron chi connectivity index (χ2n) is 6.47. The summed E-state index contributed by atoms with van der Waals surface area (Å²) in [5, 5.41) is 0. The zero-order valence-electron chi connectivity index (χ0n) is 15.0. The molecule has 3 heterocycles. The number of aromatic nitrogens is 1. The molecule has 134 valence electrons. The van der Waals surface area contributed by atoms with E-state index in [0.717, 1.165) is 55.6 Å². The van der Waals surface area contributed by atoms with Crippen LogP contribution < -0.4 is 9.64 Å². The van der Waals surface area contributed by atoms with Crippen LogP contribution >= 0.6 is 0 Å². The van der Waals surface area contributed by atoms with Crippen LogP contribution in [0.5, 0.6) is 5.75 Å². The molecular formula is C21H23N3O2. The van der Waals surface area contributed by atoms with Crippen LogP contribution in [-0.4, -0.2) is 43.2 Å². The molecule has 1 aliphatic heterocycles. The van der Waals surface area contributed by atoms with E-state index in [2.05, 4.69) is 26.9 Å². The Bertz CT molecular complexity index is 822. The van der Waals surface area contributed by atoms with Crippen molar-refractivity contribution in [3.63, 3.8) is 0 Å². The van der Waals surface area contributed by atoms with E-state index in [1.807, 2.05) is 48.8 Å². The SMILES string of the molecule is COc1ccc(-c2ccc(CN3CCN(c4cccnc4)CC3)o2)cc1. The lowest BCUT2D eigenvalue weighted by Crippen LogP contribution is -2.45. The Morgan fingerprint density at radius 2 is 1.81 bits per heavy atom. The number of piperazine rings is 1. The van der Waals surface area contributed by atoms with Crippen molar-refractivity contribution < 1.29 is 9.15 Å². The number of hydrogen-bond acceptors (Lipinski definition) is 5. The van der Waals surface area contributed by atoms with Gasteiger partial charge in [0.25, 0.3) is 0 Å². The van der Waals surface area contributed by atoms with Crippen LogP contribution in [0.4, 0.5) is 5.69 Å². The normalized spacial score (nSPS) is 15.2. The van der Waals surface area contributed by atoms with Crippen molar-refractivity contribution in [2.45, 2.75) is 6.54 Å². The maximum Gasteiger partial charge on any atom is 0.134 e. The first-order chi connectivity index (χ1) is 12.8. The van der Waals surface area contributed by atoms with E-state index < -0.39 is 0 Å². The van der Waals surface area contributed by atoms with Gasteiger partial charge in [0.05, 0.1) is 25.5 Å². The highest BCUT2D eigenvalue weighted by molar-refractivity contribution is 5.58. The van der Waals surface area contributed by atoms with Gasteiger partial charge in [-0.2, -0.15) is 0 Å². The molecule has 0 aliphatic carbocycles. The van der Waals surface area contributed by atoms with Gasteiger partial charge >= 0.3 is 0 Å². The van der Waals surface area contributed by atoms with Gasteiger partial charge in [-0.05, 0) is 48.5 Å². The third kappa shape index (κ3) is 3.73. The minimum absolute atomic E-state index is 0.844. The quantitative estimate of drug-likeness (QED) is 0.703. The summed E-state index contributed by atoms with van der Waals surface area (Å²) < 4.78 is 11.3. The third-order valence-corrected chi connectivity index (χ3v) is 4.80. The highest BCUT2D eigenvalue weighted by Gasteiger charge is 2.18. The summed E-state index contributed by atoms with van der Waals surface area (Å²) in [7, 11) is 1.67. The Morgan fingerprint density at radius 3 is 2.50 bits per heavy atom. The van der Waals surface area contributed by atoms with Crippen LogP contribution in [0.3, 0.4) is 0 Å². The van der Waals surface area contributed by atoms with Gasteiger partial charge in [0.2, 0.25) is 0 Å². The van der Waals surface area contributed by atoms with Gasteiger partial charge in [0.1, 0.15) is 17.3 Å². The molecule has 4 rings (SSSR count). The number of rotatable bonds is 5. The molecule has 1 saturated heterocycles. The number of ether oxygens (including phenoxy) is 1. The average molecular weight is 349 g/mol. The first-order valence-electron chi connectivity index (χ1n) is 8.92. The summed E-state index contributed by atoms with van der Waals surface area (Å²) in [4.78, 5) is 9.03. The molecule has 0 bridgehead atoms. The lowest BCUT2D eigenvalue weighted by Gasteiger charge is -2.35. The van der Waals surface area contributed by atoms with Crippen LogP contribution in [0.25, 0.3) is 11.3 Å². The molecule has 5 nitrogen and oxygen atoms in total. The maximum absolute atomic E-state index is 6.05. The van der Waals surface area contributed by atoms with Gasteiger partial charge in [-0.25, -0.2) is 0 Å². The zero-order valence-corrected chi connectivity index (χ0v) is 15.0. The number of furan rings is 1. The molecule has 0 spiro atoms. The van der Waals surface area contributed by atoms with E-state index in [4.69, 9.17) is 9.15 Å². The molecule has 0 saturated carbocycles. The van der Waals surface area contributed by atoms with Crippen LogP contribution in [-0.2, 0) is 6.54 Å². The fraction of sp³-hybridized carbons (Fsp3) is 0.286. The van der Waals surface area contributed by atoms with E-state index >= 15 is 0 Å². The number of hydrogen-bond donors (Lipinski definition) is 0. The maximum atomic E-state index is 6.05. The van der Waals surface area contributed by atoms with Gasteiger partial charge in [0, 0.05) is 37.9 Å². The number of nitrogens with zero attached hydrogens (tertiary/aromatic N) is 3. The summed E-state index contributed by atoms with van der Waals surface area (Å²) in [6, 6.07) is 16.2. The Hall–Kier alpha value is -2.79. The molecule has 3 aromatic rings. The fourth-order valence-corrected chi connectivity index (χ4v) is 3.30. The standard InChI is InChI=1S/C21H23N3O2/c1-25-19-6-4-17(5-7-19)21-9-8-20(26-21)16-23-11-13-24(14-12-23)18-3-2-10-22-15-18/h2-10,15H,11-14,16H2,1H3. The van der Waals surface area contributed by atoms with Gasteiger partial charge in [-0.15, -0.1) is 0 Å². The number of benzene rings is 1.